The quantitative estimate of drug-likeness (QED) is 0.426. The third kappa shape index (κ3) is 4.31. The number of sulfonamides is 1. The van der Waals surface area contributed by atoms with Gasteiger partial charge in [0.1, 0.15) is 4.90 Å². The molecule has 1 amide bonds. The second-order valence-corrected chi connectivity index (χ2v) is 9.82. The molecule has 0 atom stereocenters. The molecule has 0 spiro atoms. The molecule has 176 valence electrons. The fourth-order valence-electron chi connectivity index (χ4n) is 4.13. The average Bonchev–Trinajstić information content (AvgIpc) is 2.83. The van der Waals surface area contributed by atoms with E-state index in [1.165, 1.54) is 24.4 Å². The normalized spacial score (nSPS) is 13.9. The van der Waals surface area contributed by atoms with E-state index in [9.17, 15) is 23.1 Å². The van der Waals surface area contributed by atoms with Crippen molar-refractivity contribution in [2.75, 3.05) is 17.8 Å². The number of nitrogens with zero attached hydrogens (tertiary/aromatic N) is 3. The number of para-hydroxylation sites is 1. The average molecular weight is 489 g/mol. The molecule has 2 aromatic carbocycles. The van der Waals surface area contributed by atoms with E-state index in [1.54, 1.807) is 59.6 Å². The number of aromatic carboxylic acids is 1. The number of aromatic nitrogens is 2. The zero-order chi connectivity index (χ0) is 24.6. The van der Waals surface area contributed by atoms with Crippen molar-refractivity contribution in [1.29, 1.82) is 0 Å². The summed E-state index contributed by atoms with van der Waals surface area (Å²) in [5.74, 6) is -1.41. The smallest absolute Gasteiger partial charge is 0.354 e. The molecule has 1 saturated heterocycles. The predicted octanol–water partition coefficient (Wildman–Crippen LogP) is 3.37. The number of fused-ring (bicyclic) bond motifs is 1. The van der Waals surface area contributed by atoms with E-state index in [-0.39, 0.29) is 22.4 Å². The standard InChI is InChI=1S/C25H20N4O5S/c30-24(29-14-18(15-29)20-6-3-13-27-23(20)25(31)32)17-8-10-19(11-9-17)28-35(33,34)21-7-1-4-16-5-2-12-26-22(16)21/h1-13,18,28H,14-15H2,(H,31,32). The number of anilines is 1. The summed E-state index contributed by atoms with van der Waals surface area (Å²) in [7, 11) is -3.89. The van der Waals surface area contributed by atoms with E-state index in [2.05, 4.69) is 14.7 Å². The van der Waals surface area contributed by atoms with Crippen LogP contribution in [0.15, 0.2) is 84.0 Å². The highest BCUT2D eigenvalue weighted by Crippen LogP contribution is 2.30. The lowest BCUT2D eigenvalue weighted by Crippen LogP contribution is -2.48. The van der Waals surface area contributed by atoms with Crippen LogP contribution in [0.5, 0.6) is 0 Å². The highest BCUT2D eigenvalue weighted by molar-refractivity contribution is 7.93. The van der Waals surface area contributed by atoms with Gasteiger partial charge in [-0.2, -0.15) is 0 Å². The molecule has 1 aliphatic rings. The molecule has 5 rings (SSSR count). The van der Waals surface area contributed by atoms with Gasteiger partial charge in [-0.05, 0) is 48.0 Å². The van der Waals surface area contributed by atoms with Crippen LogP contribution in [0.1, 0.15) is 32.3 Å². The minimum Gasteiger partial charge on any atom is -0.477 e. The number of hydrogen-bond acceptors (Lipinski definition) is 6. The summed E-state index contributed by atoms with van der Waals surface area (Å²) >= 11 is 0. The van der Waals surface area contributed by atoms with Crippen LogP contribution in [0.3, 0.4) is 0 Å². The largest absolute Gasteiger partial charge is 0.477 e. The highest BCUT2D eigenvalue weighted by Gasteiger charge is 2.34. The van der Waals surface area contributed by atoms with Crippen molar-refractivity contribution in [3.8, 4) is 0 Å². The number of hydrogen-bond donors (Lipinski definition) is 2. The van der Waals surface area contributed by atoms with Crippen molar-refractivity contribution in [2.24, 2.45) is 0 Å². The Bertz CT molecular complexity index is 1540. The molecule has 10 heteroatoms. The fraction of sp³-hybridized carbons (Fsp3) is 0.120. The van der Waals surface area contributed by atoms with Crippen LogP contribution in [0.4, 0.5) is 5.69 Å². The Hall–Kier alpha value is -4.31. The van der Waals surface area contributed by atoms with E-state index >= 15 is 0 Å². The Labute approximate surface area is 201 Å². The lowest BCUT2D eigenvalue weighted by atomic mass is 9.89. The molecule has 3 heterocycles. The third-order valence-electron chi connectivity index (χ3n) is 5.92. The molecule has 0 radical (unpaired) electrons. The van der Waals surface area contributed by atoms with E-state index in [1.807, 2.05) is 0 Å². The Kier molecular flexibility index (Phi) is 5.65. The monoisotopic (exact) mass is 488 g/mol. The lowest BCUT2D eigenvalue weighted by molar-refractivity contribution is 0.0597. The summed E-state index contributed by atoms with van der Waals surface area (Å²) in [4.78, 5) is 34.0. The van der Waals surface area contributed by atoms with E-state index in [0.29, 0.717) is 40.8 Å². The molecule has 35 heavy (non-hydrogen) atoms. The Morgan fingerprint density at radius 2 is 1.60 bits per heavy atom. The van der Waals surface area contributed by atoms with Crippen LogP contribution >= 0.6 is 0 Å². The van der Waals surface area contributed by atoms with Gasteiger partial charge in [-0.1, -0.05) is 24.3 Å². The summed E-state index contributed by atoms with van der Waals surface area (Å²) in [5, 5.41) is 10.0. The second-order valence-electron chi connectivity index (χ2n) is 8.17. The van der Waals surface area contributed by atoms with Gasteiger partial charge in [0.2, 0.25) is 0 Å². The lowest BCUT2D eigenvalue weighted by Gasteiger charge is -2.39. The summed E-state index contributed by atoms with van der Waals surface area (Å²) in [6.45, 7) is 0.764. The van der Waals surface area contributed by atoms with Gasteiger partial charge in [-0.25, -0.2) is 18.2 Å². The zero-order valence-electron chi connectivity index (χ0n) is 18.3. The third-order valence-corrected chi connectivity index (χ3v) is 7.33. The number of benzene rings is 2. The van der Waals surface area contributed by atoms with E-state index in [4.69, 9.17) is 0 Å². The molecule has 0 bridgehead atoms. The molecule has 0 saturated carbocycles. The van der Waals surface area contributed by atoms with Crippen LogP contribution in [0, 0.1) is 0 Å². The molecule has 2 aromatic heterocycles. The number of carboxylic acid groups (broad SMARTS) is 1. The Morgan fingerprint density at radius 3 is 2.34 bits per heavy atom. The van der Waals surface area contributed by atoms with Gasteiger partial charge in [-0.3, -0.25) is 14.5 Å². The number of carboxylic acids is 1. The number of carbonyl (C=O) groups is 2. The van der Waals surface area contributed by atoms with E-state index in [0.717, 1.165) is 0 Å². The first kappa shape index (κ1) is 22.5. The molecule has 9 nitrogen and oxygen atoms in total. The maximum atomic E-state index is 13.0. The maximum Gasteiger partial charge on any atom is 0.354 e. The van der Waals surface area contributed by atoms with Crippen LogP contribution in [0.2, 0.25) is 0 Å². The number of carbonyl (C=O) groups excluding carboxylic acids is 1. The van der Waals surface area contributed by atoms with Crippen molar-refractivity contribution in [2.45, 2.75) is 10.8 Å². The molecule has 0 aliphatic carbocycles. The van der Waals surface area contributed by atoms with Gasteiger partial charge in [-0.15, -0.1) is 0 Å². The van der Waals surface area contributed by atoms with Crippen molar-refractivity contribution in [3.63, 3.8) is 0 Å². The van der Waals surface area contributed by atoms with Crippen molar-refractivity contribution in [3.05, 3.63) is 95.9 Å². The van der Waals surface area contributed by atoms with Gasteiger partial charge in [0.25, 0.3) is 15.9 Å². The summed E-state index contributed by atoms with van der Waals surface area (Å²) < 4.78 is 28.5. The number of rotatable bonds is 6. The van der Waals surface area contributed by atoms with Gasteiger partial charge in [0.05, 0.1) is 5.52 Å². The molecule has 2 N–H and O–H groups in total. The van der Waals surface area contributed by atoms with Gasteiger partial charge >= 0.3 is 5.97 Å². The first-order valence-electron chi connectivity index (χ1n) is 10.8. The van der Waals surface area contributed by atoms with E-state index < -0.39 is 16.0 Å². The number of nitrogens with one attached hydrogen (secondary N) is 1. The number of pyridine rings is 2. The van der Waals surface area contributed by atoms with Crippen molar-refractivity contribution in [1.82, 2.24) is 14.9 Å². The van der Waals surface area contributed by atoms with Crippen molar-refractivity contribution >= 4 is 38.5 Å². The molecule has 4 aromatic rings. The summed E-state index contributed by atoms with van der Waals surface area (Å²) in [6, 6.07) is 18.1. The van der Waals surface area contributed by atoms with Gasteiger partial charge in [0.15, 0.2) is 5.69 Å². The summed E-state index contributed by atoms with van der Waals surface area (Å²) in [6.07, 6.45) is 2.97. The number of amides is 1. The topological polar surface area (TPSA) is 130 Å². The van der Waals surface area contributed by atoms with Crippen LogP contribution in [-0.2, 0) is 10.0 Å². The van der Waals surface area contributed by atoms with Gasteiger partial charge in [0, 0.05) is 48.0 Å². The minimum absolute atomic E-state index is 0.00244. The molecule has 1 fully saturated rings. The van der Waals surface area contributed by atoms with Gasteiger partial charge < -0.3 is 10.0 Å². The SMILES string of the molecule is O=C(O)c1ncccc1C1CN(C(=O)c2ccc(NS(=O)(=O)c3cccc4cccnc34)cc2)C1. The Balaban J connectivity index is 1.27. The molecule has 1 aliphatic heterocycles. The predicted molar refractivity (Wildman–Crippen MR) is 129 cm³/mol. The first-order chi connectivity index (χ1) is 16.8. The second kappa shape index (κ2) is 8.80. The number of likely N-dealkylation sites (tertiary alicyclic amines) is 1. The first-order valence-corrected chi connectivity index (χ1v) is 12.3. The molecule has 0 unspecified atom stereocenters. The highest BCUT2D eigenvalue weighted by atomic mass is 32.2. The molecular weight excluding hydrogens is 468 g/mol. The maximum absolute atomic E-state index is 13.0. The minimum atomic E-state index is -3.89. The van der Waals surface area contributed by atoms with Crippen LogP contribution < -0.4 is 4.72 Å². The molecular formula is C25H20N4O5S. The Morgan fingerprint density at radius 1 is 0.914 bits per heavy atom. The fourth-order valence-corrected chi connectivity index (χ4v) is 5.37. The van der Waals surface area contributed by atoms with Crippen molar-refractivity contribution < 1.29 is 23.1 Å². The summed E-state index contributed by atoms with van der Waals surface area (Å²) in [5.41, 5.74) is 1.71. The van der Waals surface area contributed by atoms with Crippen LogP contribution in [-0.4, -0.2) is 53.4 Å². The zero-order valence-corrected chi connectivity index (χ0v) is 19.1. The van der Waals surface area contributed by atoms with Crippen LogP contribution in [0.25, 0.3) is 10.9 Å².